The van der Waals surface area contributed by atoms with Crippen molar-refractivity contribution in [2.24, 2.45) is 0 Å². The Kier molecular flexibility index (Phi) is 2.88. The molecule has 87 valence electrons. The van der Waals surface area contributed by atoms with Crippen LogP contribution in [0.1, 0.15) is 5.56 Å². The number of pyridine rings is 1. The third-order valence-electron chi connectivity index (χ3n) is 2.94. The molecule has 0 atom stereocenters. The van der Waals surface area contributed by atoms with E-state index in [1.165, 1.54) is 0 Å². The lowest BCUT2D eigenvalue weighted by Gasteiger charge is -2.06. The van der Waals surface area contributed by atoms with E-state index in [-0.39, 0.29) is 0 Å². The summed E-state index contributed by atoms with van der Waals surface area (Å²) >= 11 is 3.44. The summed E-state index contributed by atoms with van der Waals surface area (Å²) in [5.41, 5.74) is 4.07. The summed E-state index contributed by atoms with van der Waals surface area (Å²) < 4.78 is 1.07. The highest BCUT2D eigenvalue weighted by atomic mass is 79.9. The van der Waals surface area contributed by atoms with E-state index in [0.29, 0.717) is 0 Å². The average molecular weight is 297 g/mol. The molecule has 18 heavy (non-hydrogen) atoms. The number of halogens is 1. The molecule has 0 saturated heterocycles. The number of para-hydroxylation sites is 1. The molecule has 0 saturated carbocycles. The van der Waals surface area contributed by atoms with Gasteiger partial charge in [0.05, 0.1) is 11.2 Å². The van der Waals surface area contributed by atoms with Crippen molar-refractivity contribution in [2.45, 2.75) is 0 Å². The lowest BCUT2D eigenvalue weighted by Crippen LogP contribution is -1.88. The third-order valence-corrected chi connectivity index (χ3v) is 3.47. The number of fused-ring (bicyclic) bond motifs is 1. The Morgan fingerprint density at radius 2 is 1.67 bits per heavy atom. The Morgan fingerprint density at radius 1 is 0.944 bits per heavy atom. The van der Waals surface area contributed by atoms with Crippen LogP contribution in [0, 0.1) is 6.92 Å². The van der Waals surface area contributed by atoms with Crippen molar-refractivity contribution in [1.82, 2.24) is 4.98 Å². The lowest BCUT2D eigenvalue weighted by molar-refractivity contribution is 1.38. The minimum Gasteiger partial charge on any atom is -0.248 e. The van der Waals surface area contributed by atoms with Gasteiger partial charge in [-0.05, 0) is 36.8 Å². The van der Waals surface area contributed by atoms with E-state index in [1.54, 1.807) is 0 Å². The molecule has 0 aliphatic heterocycles. The molecule has 0 spiro atoms. The van der Waals surface area contributed by atoms with Gasteiger partial charge in [-0.15, -0.1) is 0 Å². The molecular formula is C16H11BrN. The average Bonchev–Trinajstić information content (AvgIpc) is 2.39. The van der Waals surface area contributed by atoms with Gasteiger partial charge in [0.1, 0.15) is 0 Å². The SMILES string of the molecule is [CH2]c1cc(-c2ccc(Br)cc2)nc2ccccc12. The summed E-state index contributed by atoms with van der Waals surface area (Å²) in [5, 5.41) is 1.11. The standard InChI is InChI=1S/C16H11BrN/c1-11-10-16(12-6-8-13(17)9-7-12)18-15-5-3-2-4-14(11)15/h2-10H,1H2. The van der Waals surface area contributed by atoms with Gasteiger partial charge in [0.25, 0.3) is 0 Å². The zero-order valence-electron chi connectivity index (χ0n) is 9.73. The van der Waals surface area contributed by atoms with Gasteiger partial charge >= 0.3 is 0 Å². The van der Waals surface area contributed by atoms with Crippen LogP contribution in [0.5, 0.6) is 0 Å². The second-order valence-corrected chi connectivity index (χ2v) is 5.11. The maximum Gasteiger partial charge on any atom is 0.0712 e. The van der Waals surface area contributed by atoms with Crippen LogP contribution in [0.2, 0.25) is 0 Å². The van der Waals surface area contributed by atoms with Gasteiger partial charge in [-0.1, -0.05) is 46.3 Å². The highest BCUT2D eigenvalue weighted by Gasteiger charge is 2.04. The fourth-order valence-electron chi connectivity index (χ4n) is 2.02. The van der Waals surface area contributed by atoms with Gasteiger partial charge in [-0.3, -0.25) is 0 Å². The predicted octanol–water partition coefficient (Wildman–Crippen LogP) is 4.85. The quantitative estimate of drug-likeness (QED) is 0.626. The Balaban J connectivity index is 2.21. The topological polar surface area (TPSA) is 12.9 Å². The van der Waals surface area contributed by atoms with Crippen molar-refractivity contribution in [1.29, 1.82) is 0 Å². The molecule has 0 aliphatic rings. The van der Waals surface area contributed by atoms with Crippen molar-refractivity contribution in [3.8, 4) is 11.3 Å². The Hall–Kier alpha value is -1.67. The molecule has 2 aromatic carbocycles. The second-order valence-electron chi connectivity index (χ2n) is 4.19. The van der Waals surface area contributed by atoms with Crippen LogP contribution in [-0.2, 0) is 0 Å². The highest BCUT2D eigenvalue weighted by molar-refractivity contribution is 9.10. The fraction of sp³-hybridized carbons (Fsp3) is 0. The van der Waals surface area contributed by atoms with Gasteiger partial charge in [0, 0.05) is 15.4 Å². The summed E-state index contributed by atoms with van der Waals surface area (Å²) in [6, 6.07) is 18.3. The van der Waals surface area contributed by atoms with Crippen LogP contribution in [0.3, 0.4) is 0 Å². The first-order chi connectivity index (χ1) is 8.74. The van der Waals surface area contributed by atoms with Crippen molar-refractivity contribution in [3.63, 3.8) is 0 Å². The largest absolute Gasteiger partial charge is 0.248 e. The molecule has 1 radical (unpaired) electrons. The van der Waals surface area contributed by atoms with Crippen molar-refractivity contribution >= 4 is 26.8 Å². The molecule has 1 heterocycles. The number of hydrogen-bond donors (Lipinski definition) is 0. The summed E-state index contributed by atoms with van der Waals surface area (Å²) in [4.78, 5) is 4.68. The maximum absolute atomic E-state index is 4.68. The minimum atomic E-state index is 0.964. The summed E-state index contributed by atoms with van der Waals surface area (Å²) in [6.07, 6.45) is 0. The molecule has 0 unspecified atom stereocenters. The lowest BCUT2D eigenvalue weighted by atomic mass is 10.1. The van der Waals surface area contributed by atoms with Crippen LogP contribution < -0.4 is 0 Å². The molecule has 1 nitrogen and oxygen atoms in total. The molecule has 3 rings (SSSR count). The molecule has 3 aromatic rings. The molecule has 0 amide bonds. The predicted molar refractivity (Wildman–Crippen MR) is 79.3 cm³/mol. The first kappa shape index (κ1) is 11.4. The smallest absolute Gasteiger partial charge is 0.0712 e. The molecule has 2 heteroatoms. The van der Waals surface area contributed by atoms with Crippen molar-refractivity contribution in [2.75, 3.05) is 0 Å². The van der Waals surface area contributed by atoms with Crippen molar-refractivity contribution in [3.05, 3.63) is 71.6 Å². The Morgan fingerprint density at radius 3 is 2.44 bits per heavy atom. The fourth-order valence-corrected chi connectivity index (χ4v) is 2.28. The van der Waals surface area contributed by atoms with Gasteiger partial charge in [0.15, 0.2) is 0 Å². The van der Waals surface area contributed by atoms with Gasteiger partial charge in [-0.2, -0.15) is 0 Å². The number of benzene rings is 2. The molecule has 0 aliphatic carbocycles. The van der Waals surface area contributed by atoms with Gasteiger partial charge in [0.2, 0.25) is 0 Å². The molecule has 0 bridgehead atoms. The number of nitrogens with zero attached hydrogens (tertiary/aromatic N) is 1. The van der Waals surface area contributed by atoms with E-state index in [4.69, 9.17) is 0 Å². The number of rotatable bonds is 1. The van der Waals surface area contributed by atoms with Crippen LogP contribution >= 0.6 is 15.9 Å². The summed E-state index contributed by atoms with van der Waals surface area (Å²) in [7, 11) is 0. The zero-order valence-corrected chi connectivity index (χ0v) is 11.3. The van der Waals surface area contributed by atoms with E-state index < -0.39 is 0 Å². The number of aromatic nitrogens is 1. The summed E-state index contributed by atoms with van der Waals surface area (Å²) in [6.45, 7) is 4.10. The van der Waals surface area contributed by atoms with Gasteiger partial charge < -0.3 is 0 Å². The van der Waals surface area contributed by atoms with Crippen LogP contribution in [-0.4, -0.2) is 4.98 Å². The first-order valence-electron chi connectivity index (χ1n) is 5.72. The zero-order chi connectivity index (χ0) is 12.5. The van der Waals surface area contributed by atoms with Gasteiger partial charge in [-0.25, -0.2) is 4.98 Å². The molecular weight excluding hydrogens is 286 g/mol. The third kappa shape index (κ3) is 2.04. The van der Waals surface area contributed by atoms with E-state index >= 15 is 0 Å². The molecule has 0 N–H and O–H groups in total. The minimum absolute atomic E-state index is 0.964. The summed E-state index contributed by atoms with van der Waals surface area (Å²) in [5.74, 6) is 0. The Bertz CT molecular complexity index is 702. The molecule has 0 fully saturated rings. The van der Waals surface area contributed by atoms with Crippen LogP contribution in [0.4, 0.5) is 0 Å². The Labute approximate surface area is 115 Å². The normalized spacial score (nSPS) is 10.8. The van der Waals surface area contributed by atoms with E-state index in [1.807, 2.05) is 36.4 Å². The van der Waals surface area contributed by atoms with E-state index in [9.17, 15) is 0 Å². The number of hydrogen-bond acceptors (Lipinski definition) is 1. The van der Waals surface area contributed by atoms with Crippen LogP contribution in [0.25, 0.3) is 22.2 Å². The van der Waals surface area contributed by atoms with E-state index in [2.05, 4.69) is 46.0 Å². The highest BCUT2D eigenvalue weighted by Crippen LogP contribution is 2.25. The second kappa shape index (κ2) is 4.54. The molecule has 1 aromatic heterocycles. The van der Waals surface area contributed by atoms with E-state index in [0.717, 1.165) is 32.2 Å². The maximum atomic E-state index is 4.68. The van der Waals surface area contributed by atoms with Crippen LogP contribution in [0.15, 0.2) is 59.1 Å². The monoisotopic (exact) mass is 296 g/mol. The first-order valence-corrected chi connectivity index (χ1v) is 6.51. The van der Waals surface area contributed by atoms with Crippen molar-refractivity contribution < 1.29 is 0 Å².